The number of rotatable bonds is 5. The van der Waals surface area contributed by atoms with Crippen LogP contribution in [-0.2, 0) is 11.3 Å². The lowest BCUT2D eigenvalue weighted by Crippen LogP contribution is -2.34. The first kappa shape index (κ1) is 17.8. The van der Waals surface area contributed by atoms with E-state index in [2.05, 4.69) is 15.1 Å². The summed E-state index contributed by atoms with van der Waals surface area (Å²) >= 11 is 0. The molecule has 0 radical (unpaired) electrons. The maximum absolute atomic E-state index is 12.8. The van der Waals surface area contributed by atoms with Gasteiger partial charge in [0.15, 0.2) is 5.82 Å². The number of aryl methyl sites for hydroxylation is 2. The van der Waals surface area contributed by atoms with Crippen molar-refractivity contribution in [2.45, 2.75) is 34.2 Å². The highest BCUT2D eigenvalue weighted by atomic mass is 16.5. The molecule has 1 aromatic carbocycles. The van der Waals surface area contributed by atoms with Gasteiger partial charge in [0.2, 0.25) is 5.91 Å². The molecule has 7 heteroatoms. The number of ether oxygens (including phenoxy) is 1. The van der Waals surface area contributed by atoms with E-state index in [9.17, 15) is 4.79 Å². The van der Waals surface area contributed by atoms with Crippen LogP contribution < -0.4 is 9.64 Å². The number of fused-ring (bicyclic) bond motifs is 1. The minimum atomic E-state index is -0.168. The lowest BCUT2D eigenvalue weighted by Gasteiger charge is -2.25. The molecule has 2 heterocycles. The Morgan fingerprint density at radius 3 is 2.65 bits per heavy atom. The molecule has 2 aromatic heterocycles. The van der Waals surface area contributed by atoms with Gasteiger partial charge in [-0.25, -0.2) is 9.50 Å². The number of para-hydroxylation sites is 2. The number of amides is 1. The summed E-state index contributed by atoms with van der Waals surface area (Å²) in [5.41, 5.74) is 2.53. The molecule has 0 aliphatic heterocycles. The summed E-state index contributed by atoms with van der Waals surface area (Å²) in [5, 5.41) is 4.52. The molecule has 0 fully saturated rings. The van der Waals surface area contributed by atoms with Crippen molar-refractivity contribution in [3.8, 4) is 5.75 Å². The van der Waals surface area contributed by atoms with Gasteiger partial charge in [-0.15, -0.1) is 5.10 Å². The minimum Gasteiger partial charge on any atom is -0.495 e. The zero-order valence-electron chi connectivity index (χ0n) is 15.7. The number of nitrogens with zero attached hydrogens (tertiary/aromatic N) is 5. The first-order valence-electron chi connectivity index (χ1n) is 8.55. The van der Waals surface area contributed by atoms with Crippen LogP contribution in [0.5, 0.6) is 5.75 Å². The number of benzene rings is 1. The van der Waals surface area contributed by atoms with Crippen molar-refractivity contribution in [3.05, 3.63) is 47.5 Å². The third-order valence-corrected chi connectivity index (χ3v) is 4.10. The first-order valence-corrected chi connectivity index (χ1v) is 8.55. The quantitative estimate of drug-likeness (QED) is 0.705. The highest BCUT2D eigenvalue weighted by Crippen LogP contribution is 2.29. The summed E-state index contributed by atoms with van der Waals surface area (Å²) in [5.74, 6) is 1.52. The molecule has 7 nitrogen and oxygen atoms in total. The van der Waals surface area contributed by atoms with Crippen molar-refractivity contribution >= 4 is 17.4 Å². The molecule has 0 atom stereocenters. The molecule has 26 heavy (non-hydrogen) atoms. The molecular formula is C19H23N5O2. The van der Waals surface area contributed by atoms with Crippen LogP contribution >= 0.6 is 0 Å². The van der Waals surface area contributed by atoms with Crippen molar-refractivity contribution in [1.82, 2.24) is 19.6 Å². The maximum Gasteiger partial charge on any atom is 0.252 e. The highest BCUT2D eigenvalue weighted by molar-refractivity contribution is 5.95. The van der Waals surface area contributed by atoms with Crippen molar-refractivity contribution in [3.63, 3.8) is 0 Å². The number of hydrogen-bond donors (Lipinski definition) is 0. The van der Waals surface area contributed by atoms with E-state index in [4.69, 9.17) is 4.74 Å². The predicted octanol–water partition coefficient (Wildman–Crippen LogP) is 2.94. The van der Waals surface area contributed by atoms with Crippen LogP contribution in [0.3, 0.4) is 0 Å². The van der Waals surface area contributed by atoms with Crippen LogP contribution in [0.4, 0.5) is 5.69 Å². The average molecular weight is 353 g/mol. The molecule has 3 aromatic rings. The van der Waals surface area contributed by atoms with Crippen molar-refractivity contribution in [1.29, 1.82) is 0 Å². The molecule has 0 aliphatic rings. The Balaban J connectivity index is 2.03. The van der Waals surface area contributed by atoms with E-state index in [0.717, 1.165) is 11.4 Å². The fourth-order valence-electron chi connectivity index (χ4n) is 2.86. The van der Waals surface area contributed by atoms with Gasteiger partial charge >= 0.3 is 0 Å². The van der Waals surface area contributed by atoms with Gasteiger partial charge in [0, 0.05) is 17.3 Å². The van der Waals surface area contributed by atoms with Crippen molar-refractivity contribution < 1.29 is 9.53 Å². The lowest BCUT2D eigenvalue weighted by atomic mass is 10.1. The zero-order valence-corrected chi connectivity index (χ0v) is 15.7. The van der Waals surface area contributed by atoms with Crippen molar-refractivity contribution in [2.24, 2.45) is 5.92 Å². The number of carbonyl (C=O) groups is 1. The average Bonchev–Trinajstić information content (AvgIpc) is 3.02. The molecule has 0 saturated carbocycles. The zero-order chi connectivity index (χ0) is 18.8. The smallest absolute Gasteiger partial charge is 0.252 e. The van der Waals surface area contributed by atoms with Gasteiger partial charge in [-0.05, 0) is 32.0 Å². The maximum atomic E-state index is 12.8. The number of methoxy groups -OCH3 is 1. The van der Waals surface area contributed by atoms with Gasteiger partial charge in [0.05, 0.1) is 19.3 Å². The van der Waals surface area contributed by atoms with Gasteiger partial charge in [-0.1, -0.05) is 26.0 Å². The summed E-state index contributed by atoms with van der Waals surface area (Å²) in [7, 11) is 1.59. The molecular weight excluding hydrogens is 330 g/mol. The van der Waals surface area contributed by atoms with Crippen LogP contribution in [0.15, 0.2) is 30.3 Å². The molecule has 0 spiro atoms. The molecule has 136 valence electrons. The predicted molar refractivity (Wildman–Crippen MR) is 99.3 cm³/mol. The second-order valence-corrected chi connectivity index (χ2v) is 6.53. The monoisotopic (exact) mass is 353 g/mol. The molecule has 0 bridgehead atoms. The van der Waals surface area contributed by atoms with Crippen LogP contribution in [0.1, 0.15) is 31.1 Å². The number of anilines is 1. The van der Waals surface area contributed by atoms with E-state index >= 15 is 0 Å². The Labute approximate surface area is 152 Å². The Morgan fingerprint density at radius 1 is 1.23 bits per heavy atom. The first-order chi connectivity index (χ1) is 12.4. The summed E-state index contributed by atoms with van der Waals surface area (Å²) < 4.78 is 7.13. The summed E-state index contributed by atoms with van der Waals surface area (Å²) in [6.07, 6.45) is 0. The van der Waals surface area contributed by atoms with Gasteiger partial charge in [-0.2, -0.15) is 4.98 Å². The molecule has 1 amide bonds. The Morgan fingerprint density at radius 2 is 1.96 bits per heavy atom. The van der Waals surface area contributed by atoms with Gasteiger partial charge in [0.1, 0.15) is 5.75 Å². The largest absolute Gasteiger partial charge is 0.495 e. The van der Waals surface area contributed by atoms with Crippen molar-refractivity contribution in [2.75, 3.05) is 12.0 Å². The standard InChI is InChI=1S/C19H23N5O2/c1-12(2)18(25)23(15-8-6-7-9-16(15)26-5)11-17-21-19-20-13(3)10-14(4)24(19)22-17/h6-10,12H,11H2,1-5H3. The Kier molecular flexibility index (Phi) is 4.88. The van der Waals surface area contributed by atoms with Crippen LogP contribution in [0, 0.1) is 19.8 Å². The third kappa shape index (κ3) is 3.37. The molecule has 0 unspecified atom stereocenters. The molecule has 0 saturated heterocycles. The molecule has 0 N–H and O–H groups in total. The van der Waals surface area contributed by atoms with E-state index in [1.54, 1.807) is 16.5 Å². The van der Waals surface area contributed by atoms with E-state index < -0.39 is 0 Å². The fraction of sp³-hybridized carbons (Fsp3) is 0.368. The topological polar surface area (TPSA) is 72.6 Å². The van der Waals surface area contributed by atoms with Crippen LogP contribution in [0.25, 0.3) is 5.78 Å². The summed E-state index contributed by atoms with van der Waals surface area (Å²) in [4.78, 5) is 23.4. The number of carbonyl (C=O) groups excluding carboxylic acids is 1. The van der Waals surface area contributed by atoms with Gasteiger partial charge in [-0.3, -0.25) is 4.79 Å². The van der Waals surface area contributed by atoms with E-state index in [-0.39, 0.29) is 18.4 Å². The van der Waals surface area contributed by atoms with Crippen LogP contribution in [0.2, 0.25) is 0 Å². The Hall–Kier alpha value is -2.96. The second kappa shape index (κ2) is 7.11. The molecule has 3 rings (SSSR count). The summed E-state index contributed by atoms with van der Waals surface area (Å²) in [6, 6.07) is 9.40. The molecule has 0 aliphatic carbocycles. The highest BCUT2D eigenvalue weighted by Gasteiger charge is 2.24. The number of hydrogen-bond acceptors (Lipinski definition) is 5. The minimum absolute atomic E-state index is 0.0192. The second-order valence-electron chi connectivity index (χ2n) is 6.53. The van der Waals surface area contributed by atoms with Crippen LogP contribution in [-0.4, -0.2) is 32.6 Å². The third-order valence-electron chi connectivity index (χ3n) is 4.10. The lowest BCUT2D eigenvalue weighted by molar-refractivity contribution is -0.121. The number of aromatic nitrogens is 4. The fourth-order valence-corrected chi connectivity index (χ4v) is 2.86. The van der Waals surface area contributed by atoms with E-state index in [1.165, 1.54) is 0 Å². The Bertz CT molecular complexity index is 948. The summed E-state index contributed by atoms with van der Waals surface area (Å²) in [6.45, 7) is 7.87. The van der Waals surface area contributed by atoms with Gasteiger partial charge < -0.3 is 9.64 Å². The van der Waals surface area contributed by atoms with Gasteiger partial charge in [0.25, 0.3) is 5.78 Å². The van der Waals surface area contributed by atoms with E-state index in [0.29, 0.717) is 23.0 Å². The normalized spacial score (nSPS) is 11.2. The van der Waals surface area contributed by atoms with E-state index in [1.807, 2.05) is 58.0 Å². The SMILES string of the molecule is COc1ccccc1N(Cc1nc2nc(C)cc(C)n2n1)C(=O)C(C)C.